The predicted octanol–water partition coefficient (Wildman–Crippen LogP) is 19.4. The Morgan fingerprint density at radius 1 is 0.391 bits per heavy atom. The maximum atomic E-state index is 12.4. The molecule has 408 valence electrons. The number of esters is 1. The van der Waals surface area contributed by atoms with E-state index in [1.54, 1.807) is 6.08 Å². The van der Waals surface area contributed by atoms with Crippen molar-refractivity contribution in [2.24, 2.45) is 0 Å². The smallest absolute Gasteiger partial charge is 0.305 e. The number of nitrogens with one attached hydrogen (secondary N) is 1. The van der Waals surface area contributed by atoms with Crippen LogP contribution in [-0.4, -0.2) is 47.4 Å². The summed E-state index contributed by atoms with van der Waals surface area (Å²) in [6.45, 7) is 4.91. The van der Waals surface area contributed by atoms with Crippen LogP contribution in [0.25, 0.3) is 0 Å². The van der Waals surface area contributed by atoms with Crippen molar-refractivity contribution in [3.8, 4) is 0 Å². The van der Waals surface area contributed by atoms with E-state index in [1.807, 2.05) is 6.08 Å². The first-order valence-corrected chi connectivity index (χ1v) is 31.1. The van der Waals surface area contributed by atoms with Crippen molar-refractivity contribution < 1.29 is 24.5 Å². The quantitative estimate of drug-likeness (QED) is 0.0321. The SMILES string of the molecule is CCCCCCCCC/C=C\CCCCCCCCCC(=O)OCCCCCCCCCCCCCCCCCCCCCCCC(=O)NC(CO)C(O)/C=C/CCCCCCCCCCCCC. The second-order valence-electron chi connectivity index (χ2n) is 21.4. The van der Waals surface area contributed by atoms with E-state index in [9.17, 15) is 19.8 Å². The lowest BCUT2D eigenvalue weighted by Gasteiger charge is -2.20. The lowest BCUT2D eigenvalue weighted by molar-refractivity contribution is -0.143. The summed E-state index contributed by atoms with van der Waals surface area (Å²) in [6.07, 6.45) is 72.2. The largest absolute Gasteiger partial charge is 0.466 e. The van der Waals surface area contributed by atoms with Crippen LogP contribution in [0.15, 0.2) is 24.3 Å². The van der Waals surface area contributed by atoms with Gasteiger partial charge in [0.1, 0.15) is 0 Å². The molecule has 0 heterocycles. The van der Waals surface area contributed by atoms with Gasteiger partial charge in [-0.25, -0.2) is 0 Å². The van der Waals surface area contributed by atoms with Crippen molar-refractivity contribution in [2.45, 2.75) is 353 Å². The summed E-state index contributed by atoms with van der Waals surface area (Å²) in [5.74, 6) is -0.0594. The fourth-order valence-electron chi connectivity index (χ4n) is 9.69. The molecule has 0 fully saturated rings. The average molecular weight is 973 g/mol. The lowest BCUT2D eigenvalue weighted by Crippen LogP contribution is -2.45. The number of rotatable bonds is 58. The van der Waals surface area contributed by atoms with Gasteiger partial charge in [0.15, 0.2) is 0 Å². The van der Waals surface area contributed by atoms with E-state index in [0.717, 1.165) is 44.9 Å². The molecule has 6 nitrogen and oxygen atoms in total. The summed E-state index contributed by atoms with van der Waals surface area (Å²) in [4.78, 5) is 24.5. The van der Waals surface area contributed by atoms with Gasteiger partial charge in [-0.2, -0.15) is 0 Å². The Labute approximate surface area is 431 Å². The van der Waals surface area contributed by atoms with Gasteiger partial charge >= 0.3 is 5.97 Å². The zero-order valence-electron chi connectivity index (χ0n) is 46.6. The number of ether oxygens (including phenoxy) is 1. The highest BCUT2D eigenvalue weighted by molar-refractivity contribution is 5.76. The van der Waals surface area contributed by atoms with E-state index in [2.05, 4.69) is 31.3 Å². The van der Waals surface area contributed by atoms with Crippen molar-refractivity contribution in [3.05, 3.63) is 24.3 Å². The van der Waals surface area contributed by atoms with Crippen LogP contribution in [0, 0.1) is 0 Å². The van der Waals surface area contributed by atoms with Gasteiger partial charge in [-0.05, 0) is 57.8 Å². The minimum Gasteiger partial charge on any atom is -0.466 e. The Balaban J connectivity index is 3.38. The molecule has 0 aromatic rings. The second-order valence-corrected chi connectivity index (χ2v) is 21.4. The van der Waals surface area contributed by atoms with Crippen molar-refractivity contribution in [1.29, 1.82) is 0 Å². The molecular weight excluding hydrogens is 851 g/mol. The van der Waals surface area contributed by atoms with Gasteiger partial charge in [0, 0.05) is 12.8 Å². The van der Waals surface area contributed by atoms with Crippen LogP contribution < -0.4 is 5.32 Å². The van der Waals surface area contributed by atoms with Crippen LogP contribution in [0.1, 0.15) is 341 Å². The minimum absolute atomic E-state index is 0.00879. The number of amides is 1. The lowest BCUT2D eigenvalue weighted by atomic mass is 10.0. The monoisotopic (exact) mass is 972 g/mol. The Morgan fingerprint density at radius 3 is 1.03 bits per heavy atom. The minimum atomic E-state index is -0.844. The Kier molecular flexibility index (Phi) is 57.5. The topological polar surface area (TPSA) is 95.9 Å². The molecule has 0 aliphatic carbocycles. The van der Waals surface area contributed by atoms with Gasteiger partial charge in [-0.1, -0.05) is 295 Å². The second kappa shape index (κ2) is 58.9. The summed E-state index contributed by atoms with van der Waals surface area (Å²) in [7, 11) is 0. The number of hydrogen-bond acceptors (Lipinski definition) is 5. The molecule has 0 aromatic heterocycles. The third-order valence-electron chi connectivity index (χ3n) is 14.5. The molecule has 6 heteroatoms. The Bertz CT molecular complexity index is 1080. The molecule has 0 aromatic carbocycles. The first-order chi connectivity index (χ1) is 34.0. The molecular formula is C63H121NO5. The number of hydrogen-bond donors (Lipinski definition) is 3. The fourth-order valence-corrected chi connectivity index (χ4v) is 9.69. The fraction of sp³-hybridized carbons (Fsp3) is 0.905. The van der Waals surface area contributed by atoms with Crippen molar-refractivity contribution >= 4 is 11.9 Å². The van der Waals surface area contributed by atoms with Crippen molar-refractivity contribution in [3.63, 3.8) is 0 Å². The van der Waals surface area contributed by atoms with E-state index in [4.69, 9.17) is 4.74 Å². The zero-order chi connectivity index (χ0) is 50.0. The molecule has 2 atom stereocenters. The van der Waals surface area contributed by atoms with E-state index in [1.165, 1.54) is 270 Å². The van der Waals surface area contributed by atoms with Crippen molar-refractivity contribution in [1.82, 2.24) is 5.32 Å². The molecule has 2 unspecified atom stereocenters. The van der Waals surface area contributed by atoms with Crippen LogP contribution in [0.3, 0.4) is 0 Å². The molecule has 0 saturated carbocycles. The number of carbonyl (C=O) groups excluding carboxylic acids is 2. The highest BCUT2D eigenvalue weighted by atomic mass is 16.5. The molecule has 0 aliphatic heterocycles. The number of aliphatic hydroxyl groups is 2. The molecule has 0 saturated heterocycles. The first-order valence-electron chi connectivity index (χ1n) is 31.1. The van der Waals surface area contributed by atoms with Gasteiger partial charge in [-0.15, -0.1) is 0 Å². The van der Waals surface area contributed by atoms with Crippen LogP contribution in [0.2, 0.25) is 0 Å². The summed E-state index contributed by atoms with van der Waals surface area (Å²) >= 11 is 0. The van der Waals surface area contributed by atoms with E-state index in [-0.39, 0.29) is 18.5 Å². The van der Waals surface area contributed by atoms with Crippen LogP contribution in [0.5, 0.6) is 0 Å². The van der Waals surface area contributed by atoms with Gasteiger partial charge in [0.05, 0.1) is 25.4 Å². The normalized spacial score (nSPS) is 12.7. The molecule has 0 radical (unpaired) electrons. The van der Waals surface area contributed by atoms with Gasteiger partial charge < -0.3 is 20.3 Å². The summed E-state index contributed by atoms with van der Waals surface area (Å²) in [6, 6.07) is -0.628. The summed E-state index contributed by atoms with van der Waals surface area (Å²) in [5, 5.41) is 23.1. The maximum Gasteiger partial charge on any atom is 0.305 e. The Morgan fingerprint density at radius 2 is 0.681 bits per heavy atom. The maximum absolute atomic E-state index is 12.4. The summed E-state index contributed by atoms with van der Waals surface area (Å²) in [5.41, 5.74) is 0. The summed E-state index contributed by atoms with van der Waals surface area (Å²) < 4.78 is 5.50. The molecule has 1 amide bonds. The number of aliphatic hydroxyl groups excluding tert-OH is 2. The van der Waals surface area contributed by atoms with E-state index >= 15 is 0 Å². The van der Waals surface area contributed by atoms with Gasteiger partial charge in [0.2, 0.25) is 5.91 Å². The van der Waals surface area contributed by atoms with E-state index in [0.29, 0.717) is 19.4 Å². The molecule has 0 spiro atoms. The number of carbonyl (C=O) groups is 2. The highest BCUT2D eigenvalue weighted by Crippen LogP contribution is 2.17. The molecule has 0 rings (SSSR count). The first kappa shape index (κ1) is 67.3. The van der Waals surface area contributed by atoms with Crippen molar-refractivity contribution in [2.75, 3.05) is 13.2 Å². The molecule has 0 bridgehead atoms. The zero-order valence-corrected chi connectivity index (χ0v) is 46.6. The van der Waals surface area contributed by atoms with Gasteiger partial charge in [-0.3, -0.25) is 9.59 Å². The molecule has 69 heavy (non-hydrogen) atoms. The third-order valence-corrected chi connectivity index (χ3v) is 14.5. The predicted molar refractivity (Wildman–Crippen MR) is 301 cm³/mol. The number of unbranched alkanes of at least 4 members (excludes halogenated alkanes) is 45. The van der Waals surface area contributed by atoms with E-state index < -0.39 is 12.1 Å². The van der Waals surface area contributed by atoms with Crippen LogP contribution in [-0.2, 0) is 14.3 Å². The standard InChI is InChI=1S/C63H121NO5/c1-3-5-7-9-11-13-15-17-18-19-26-29-33-37-41-45-49-53-57-63(68)69-58-54-50-46-42-38-34-30-27-24-22-20-21-23-25-28-32-36-40-44-48-52-56-62(67)64-60(59-65)61(66)55-51-47-43-39-35-31-16-14-12-10-8-6-4-2/h18-19,51,55,60-61,65-66H,3-17,20-50,52-54,56-59H2,1-2H3,(H,64,67)/b19-18-,55-51+. The average Bonchev–Trinajstić information content (AvgIpc) is 3.35. The van der Waals surface area contributed by atoms with Crippen LogP contribution in [0.4, 0.5) is 0 Å². The van der Waals surface area contributed by atoms with Gasteiger partial charge in [0.25, 0.3) is 0 Å². The van der Waals surface area contributed by atoms with Crippen LogP contribution >= 0.6 is 0 Å². The molecule has 3 N–H and O–H groups in total. The third kappa shape index (κ3) is 55.5. The highest BCUT2D eigenvalue weighted by Gasteiger charge is 2.18. The Hall–Kier alpha value is -1.66. The molecule has 0 aliphatic rings. The number of allylic oxidation sites excluding steroid dienone is 3.